The average molecular weight is 500 g/mol. The number of ether oxygens (including phenoxy) is 1. The molecule has 3 N–H and O–H groups in total. The van der Waals surface area contributed by atoms with Gasteiger partial charge < -0.3 is 19.8 Å². The SMILES string of the molecule is N=C(OC1CN2CCC1CC2)N1CCc2ccccc2C1c1ccccc1.O=C(O)c1ccccc1O. The normalized spacial score (nSPS) is 23.8. The van der Waals surface area contributed by atoms with E-state index < -0.39 is 5.97 Å². The van der Waals surface area contributed by atoms with E-state index in [0.29, 0.717) is 11.9 Å². The van der Waals surface area contributed by atoms with Crippen LogP contribution in [0.2, 0.25) is 0 Å². The number of aromatic hydroxyl groups is 1. The minimum atomic E-state index is -1.11. The average Bonchev–Trinajstić information content (AvgIpc) is 2.94. The molecule has 2 bridgehead atoms. The van der Waals surface area contributed by atoms with E-state index in [9.17, 15) is 4.79 Å². The second kappa shape index (κ2) is 11.0. The van der Waals surface area contributed by atoms with Crippen molar-refractivity contribution in [3.8, 4) is 5.75 Å². The highest BCUT2D eigenvalue weighted by Gasteiger charge is 2.38. The summed E-state index contributed by atoms with van der Waals surface area (Å²) >= 11 is 0. The Kier molecular flexibility index (Phi) is 7.42. The molecule has 3 saturated heterocycles. The van der Waals surface area contributed by atoms with Crippen molar-refractivity contribution in [1.82, 2.24) is 9.80 Å². The molecule has 2 atom stereocenters. The maximum atomic E-state index is 10.3. The summed E-state index contributed by atoms with van der Waals surface area (Å²) < 4.78 is 6.30. The fourth-order valence-electron chi connectivity index (χ4n) is 5.69. The monoisotopic (exact) mass is 499 g/mol. The van der Waals surface area contributed by atoms with E-state index in [1.54, 1.807) is 12.1 Å². The van der Waals surface area contributed by atoms with Crippen LogP contribution >= 0.6 is 0 Å². The van der Waals surface area contributed by atoms with Gasteiger partial charge in [-0.05, 0) is 67.1 Å². The molecule has 4 heterocycles. The van der Waals surface area contributed by atoms with Gasteiger partial charge in [-0.2, -0.15) is 0 Å². The minimum absolute atomic E-state index is 0.0599. The van der Waals surface area contributed by atoms with Crippen molar-refractivity contribution in [2.45, 2.75) is 31.4 Å². The largest absolute Gasteiger partial charge is 0.507 e. The van der Waals surface area contributed by atoms with Crippen LogP contribution in [0, 0.1) is 11.3 Å². The fraction of sp³-hybridized carbons (Fsp3) is 0.333. The predicted molar refractivity (Wildman–Crippen MR) is 142 cm³/mol. The molecule has 7 rings (SSSR count). The summed E-state index contributed by atoms with van der Waals surface area (Å²) in [5, 5.41) is 26.1. The molecule has 3 aromatic carbocycles. The van der Waals surface area contributed by atoms with Gasteiger partial charge in [0, 0.05) is 13.1 Å². The van der Waals surface area contributed by atoms with E-state index in [1.165, 1.54) is 54.8 Å². The molecule has 3 fully saturated rings. The molecule has 4 aliphatic rings. The topological polar surface area (TPSA) is 97.1 Å². The number of para-hydroxylation sites is 1. The predicted octanol–water partition coefficient (Wildman–Crippen LogP) is 4.77. The van der Waals surface area contributed by atoms with Crippen molar-refractivity contribution in [2.75, 3.05) is 26.2 Å². The van der Waals surface area contributed by atoms with Gasteiger partial charge in [0.05, 0.1) is 6.04 Å². The number of benzene rings is 3. The van der Waals surface area contributed by atoms with E-state index in [0.717, 1.165) is 19.5 Å². The highest BCUT2D eigenvalue weighted by atomic mass is 16.5. The van der Waals surface area contributed by atoms with E-state index in [4.69, 9.17) is 20.4 Å². The molecule has 4 aliphatic heterocycles. The lowest BCUT2D eigenvalue weighted by atomic mass is 9.86. The van der Waals surface area contributed by atoms with Crippen LogP contribution in [0.5, 0.6) is 5.75 Å². The first-order valence-corrected chi connectivity index (χ1v) is 12.9. The number of rotatable bonds is 3. The number of piperidine rings is 3. The lowest BCUT2D eigenvalue weighted by molar-refractivity contribution is -0.0256. The number of carboxylic acid groups (broad SMARTS) is 1. The third-order valence-corrected chi connectivity index (χ3v) is 7.65. The van der Waals surface area contributed by atoms with Gasteiger partial charge in [-0.25, -0.2) is 4.79 Å². The molecular weight excluding hydrogens is 466 g/mol. The van der Waals surface area contributed by atoms with Gasteiger partial charge in [-0.15, -0.1) is 0 Å². The van der Waals surface area contributed by atoms with Gasteiger partial charge in [0.1, 0.15) is 17.4 Å². The Morgan fingerprint density at radius 2 is 1.57 bits per heavy atom. The number of nitrogens with zero attached hydrogens (tertiary/aromatic N) is 2. The summed E-state index contributed by atoms with van der Waals surface area (Å²) in [6.07, 6.45) is 3.56. The van der Waals surface area contributed by atoms with Gasteiger partial charge in [0.2, 0.25) is 0 Å². The molecular formula is C30H33N3O4. The van der Waals surface area contributed by atoms with Crippen LogP contribution in [0.15, 0.2) is 78.9 Å². The minimum Gasteiger partial charge on any atom is -0.507 e. The highest BCUT2D eigenvalue weighted by Crippen LogP contribution is 2.36. The molecule has 0 radical (unpaired) electrons. The zero-order valence-corrected chi connectivity index (χ0v) is 20.8. The molecule has 7 heteroatoms. The molecule has 0 spiro atoms. The standard InChI is InChI=1S/C23H27N3O.C7H6O3/c24-23(27-21-16-25-13-10-18(21)11-14-25)26-15-12-17-6-4-5-9-20(17)22(26)19-7-2-1-3-8-19;8-6-4-2-1-3-5(6)7(9)10/h1-9,18,21-22,24H,10-16H2;1-4,8H,(H,9,10). The molecule has 0 aromatic heterocycles. The van der Waals surface area contributed by atoms with Crippen molar-refractivity contribution in [3.63, 3.8) is 0 Å². The Morgan fingerprint density at radius 1 is 0.892 bits per heavy atom. The van der Waals surface area contributed by atoms with Gasteiger partial charge in [-0.1, -0.05) is 66.7 Å². The number of amidine groups is 1. The van der Waals surface area contributed by atoms with Crippen LogP contribution in [-0.2, 0) is 11.2 Å². The summed E-state index contributed by atoms with van der Waals surface area (Å²) in [6.45, 7) is 4.20. The smallest absolute Gasteiger partial charge is 0.339 e. The number of aromatic carboxylic acids is 1. The maximum Gasteiger partial charge on any atom is 0.339 e. The lowest BCUT2D eigenvalue weighted by Crippen LogP contribution is -2.53. The van der Waals surface area contributed by atoms with Crippen LogP contribution in [0.1, 0.15) is 45.9 Å². The molecule has 192 valence electrons. The quantitative estimate of drug-likeness (QED) is 0.355. The van der Waals surface area contributed by atoms with Crippen molar-refractivity contribution in [2.24, 2.45) is 5.92 Å². The van der Waals surface area contributed by atoms with Crippen molar-refractivity contribution < 1.29 is 19.7 Å². The van der Waals surface area contributed by atoms with Crippen LogP contribution in [0.25, 0.3) is 0 Å². The molecule has 0 amide bonds. The summed E-state index contributed by atoms with van der Waals surface area (Å²) in [4.78, 5) is 14.9. The van der Waals surface area contributed by atoms with Crippen molar-refractivity contribution >= 4 is 12.0 Å². The van der Waals surface area contributed by atoms with Gasteiger partial charge in [0.15, 0.2) is 0 Å². The molecule has 0 saturated carbocycles. The Hall–Kier alpha value is -3.84. The summed E-state index contributed by atoms with van der Waals surface area (Å²) in [5.41, 5.74) is 3.85. The zero-order chi connectivity index (χ0) is 25.8. The van der Waals surface area contributed by atoms with E-state index in [2.05, 4.69) is 64.4 Å². The Balaban J connectivity index is 0.000000237. The molecule has 7 nitrogen and oxygen atoms in total. The number of fused-ring (bicyclic) bond motifs is 4. The fourth-order valence-corrected chi connectivity index (χ4v) is 5.69. The number of phenols is 1. The first-order chi connectivity index (χ1) is 18.0. The van der Waals surface area contributed by atoms with Gasteiger partial charge >= 0.3 is 5.97 Å². The van der Waals surface area contributed by atoms with Crippen LogP contribution < -0.4 is 0 Å². The molecule has 3 aromatic rings. The Morgan fingerprint density at radius 3 is 2.22 bits per heavy atom. The zero-order valence-electron chi connectivity index (χ0n) is 20.8. The number of hydrogen-bond donors (Lipinski definition) is 3. The lowest BCUT2D eigenvalue weighted by Gasteiger charge is -2.46. The second-order valence-corrected chi connectivity index (χ2v) is 9.88. The molecule has 0 aliphatic carbocycles. The third-order valence-electron chi connectivity index (χ3n) is 7.65. The summed E-state index contributed by atoms with van der Waals surface area (Å²) in [7, 11) is 0. The summed E-state index contributed by atoms with van der Waals surface area (Å²) in [5.74, 6) is -0.698. The van der Waals surface area contributed by atoms with E-state index in [-0.39, 0.29) is 23.5 Å². The van der Waals surface area contributed by atoms with E-state index in [1.807, 2.05) is 0 Å². The number of hydrogen-bond acceptors (Lipinski definition) is 5. The first-order valence-electron chi connectivity index (χ1n) is 12.9. The van der Waals surface area contributed by atoms with Crippen LogP contribution in [0.4, 0.5) is 0 Å². The first kappa shape index (κ1) is 24.8. The number of nitrogens with one attached hydrogen (secondary N) is 1. The van der Waals surface area contributed by atoms with Gasteiger partial charge in [-0.3, -0.25) is 10.3 Å². The van der Waals surface area contributed by atoms with Crippen LogP contribution in [0.3, 0.4) is 0 Å². The highest BCUT2D eigenvalue weighted by molar-refractivity contribution is 5.90. The van der Waals surface area contributed by atoms with Crippen molar-refractivity contribution in [1.29, 1.82) is 5.41 Å². The Bertz CT molecular complexity index is 1240. The molecule has 37 heavy (non-hydrogen) atoms. The van der Waals surface area contributed by atoms with Crippen LogP contribution in [-0.4, -0.2) is 64.3 Å². The number of carboxylic acids is 1. The van der Waals surface area contributed by atoms with Crippen molar-refractivity contribution in [3.05, 3.63) is 101 Å². The van der Waals surface area contributed by atoms with Gasteiger partial charge in [0.25, 0.3) is 6.02 Å². The number of carbonyl (C=O) groups is 1. The Labute approximate surface area is 217 Å². The maximum absolute atomic E-state index is 10.3. The van der Waals surface area contributed by atoms with E-state index >= 15 is 0 Å². The summed E-state index contributed by atoms with van der Waals surface area (Å²) in [6, 6.07) is 25.4. The third kappa shape index (κ3) is 5.47. The molecule has 2 unspecified atom stereocenters. The second-order valence-electron chi connectivity index (χ2n) is 9.88.